The van der Waals surface area contributed by atoms with E-state index in [1.165, 1.54) is 19.1 Å². The number of carbonyl (C=O) groups excluding carboxylic acids is 3. The molecule has 0 spiro atoms. The highest BCUT2D eigenvalue weighted by molar-refractivity contribution is 6.45. The highest BCUT2D eigenvalue weighted by atomic mass is 35.5. The summed E-state index contributed by atoms with van der Waals surface area (Å²) in [7, 11) is 0. The van der Waals surface area contributed by atoms with Crippen LogP contribution >= 0.6 is 23.2 Å². The first-order valence-corrected chi connectivity index (χ1v) is 10.3. The molecule has 164 valence electrons. The maximum absolute atomic E-state index is 12.3. The topological polar surface area (TPSA) is 81.7 Å². The van der Waals surface area contributed by atoms with E-state index >= 15 is 0 Å². The minimum atomic E-state index is -0.862. The zero-order chi connectivity index (χ0) is 23.0. The predicted octanol–water partition coefficient (Wildman–Crippen LogP) is 4.77. The lowest BCUT2D eigenvalue weighted by Crippen LogP contribution is -2.41. The third-order valence-corrected chi connectivity index (χ3v) is 5.22. The van der Waals surface area contributed by atoms with Gasteiger partial charge in [-0.3, -0.25) is 9.59 Å². The van der Waals surface area contributed by atoms with E-state index in [1.807, 2.05) is 37.3 Å². The van der Waals surface area contributed by atoms with Crippen LogP contribution in [0.15, 0.2) is 54.6 Å². The number of hydrogen-bond donors (Lipinski definition) is 1. The van der Waals surface area contributed by atoms with E-state index in [0.717, 1.165) is 5.56 Å². The van der Waals surface area contributed by atoms with Gasteiger partial charge in [0, 0.05) is 5.56 Å². The van der Waals surface area contributed by atoms with Gasteiger partial charge in [0.2, 0.25) is 0 Å². The molecule has 1 N–H and O–H groups in total. The second-order valence-electron chi connectivity index (χ2n) is 6.70. The van der Waals surface area contributed by atoms with Crippen molar-refractivity contribution in [3.63, 3.8) is 0 Å². The molecule has 0 heterocycles. The number of ketones is 1. The molecule has 0 aromatic heterocycles. The number of halogens is 2. The molecule has 0 fully saturated rings. The van der Waals surface area contributed by atoms with Crippen molar-refractivity contribution in [3.05, 3.63) is 75.8 Å². The Hall–Kier alpha value is -2.83. The fourth-order valence-electron chi connectivity index (χ4n) is 2.51. The molecule has 0 unspecified atom stereocenters. The van der Waals surface area contributed by atoms with Gasteiger partial charge in [0.25, 0.3) is 5.91 Å². The molecule has 0 bridgehead atoms. The molecule has 2 aromatic carbocycles. The van der Waals surface area contributed by atoms with Crippen LogP contribution in [0.2, 0.25) is 10.0 Å². The number of benzene rings is 2. The van der Waals surface area contributed by atoms with Crippen molar-refractivity contribution >= 4 is 40.9 Å². The number of hydrogen-bond acceptors (Lipinski definition) is 5. The number of amides is 1. The molecule has 0 saturated heterocycles. The Morgan fingerprint density at radius 1 is 1.06 bits per heavy atom. The number of carbonyl (C=O) groups is 3. The molecule has 8 heteroatoms. The molecule has 0 aliphatic heterocycles. The van der Waals surface area contributed by atoms with E-state index in [0.29, 0.717) is 12.0 Å². The van der Waals surface area contributed by atoms with Gasteiger partial charge in [-0.25, -0.2) is 4.79 Å². The maximum atomic E-state index is 12.3. The molecule has 0 aliphatic rings. The average molecular weight is 464 g/mol. The van der Waals surface area contributed by atoms with E-state index in [-0.39, 0.29) is 33.7 Å². The van der Waals surface area contributed by atoms with Gasteiger partial charge in [0.15, 0.2) is 12.4 Å². The summed E-state index contributed by atoms with van der Waals surface area (Å²) in [6, 6.07) is 11.3. The molecule has 0 aliphatic carbocycles. The van der Waals surface area contributed by atoms with Crippen LogP contribution < -0.4 is 10.1 Å². The molecule has 6 nitrogen and oxygen atoms in total. The summed E-state index contributed by atoms with van der Waals surface area (Å²) in [4.78, 5) is 36.4. The van der Waals surface area contributed by atoms with Gasteiger partial charge in [-0.05, 0) is 36.6 Å². The van der Waals surface area contributed by atoms with Crippen LogP contribution in [-0.4, -0.2) is 30.3 Å². The number of rotatable bonds is 10. The van der Waals surface area contributed by atoms with Gasteiger partial charge in [-0.15, -0.1) is 0 Å². The summed E-state index contributed by atoms with van der Waals surface area (Å²) in [5.41, 5.74) is 1.46. The highest BCUT2D eigenvalue weighted by Gasteiger charge is 2.20. The zero-order valence-corrected chi connectivity index (χ0v) is 18.8. The predicted molar refractivity (Wildman–Crippen MR) is 120 cm³/mol. The smallest absolute Gasteiger partial charge is 0.328 e. The summed E-state index contributed by atoms with van der Waals surface area (Å²) in [5, 5.41) is 2.53. The van der Waals surface area contributed by atoms with Crippen molar-refractivity contribution in [1.82, 2.24) is 5.32 Å². The van der Waals surface area contributed by atoms with Crippen molar-refractivity contribution < 1.29 is 23.9 Å². The van der Waals surface area contributed by atoms with Crippen LogP contribution in [0.25, 0.3) is 0 Å². The van der Waals surface area contributed by atoms with E-state index in [4.69, 9.17) is 32.7 Å². The minimum absolute atomic E-state index is 0.0135. The lowest BCUT2D eigenvalue weighted by molar-refractivity contribution is -0.148. The monoisotopic (exact) mass is 463 g/mol. The van der Waals surface area contributed by atoms with Crippen molar-refractivity contribution in [3.8, 4) is 5.75 Å². The third kappa shape index (κ3) is 6.84. The lowest BCUT2D eigenvalue weighted by Gasteiger charge is -2.15. The largest absolute Gasteiger partial charge is 0.482 e. The number of ether oxygens (including phenoxy) is 2. The van der Waals surface area contributed by atoms with Gasteiger partial charge in [0.05, 0.1) is 5.02 Å². The molecule has 0 radical (unpaired) electrons. The molecule has 2 aromatic rings. The fraction of sp³-hybridized carbons (Fsp3) is 0.261. The molecular formula is C23H23Cl2NO5. The van der Waals surface area contributed by atoms with Crippen molar-refractivity contribution in [2.45, 2.75) is 32.9 Å². The molecule has 1 atom stereocenters. The van der Waals surface area contributed by atoms with E-state index in [1.54, 1.807) is 0 Å². The highest BCUT2D eigenvalue weighted by Crippen LogP contribution is 2.35. The van der Waals surface area contributed by atoms with Gasteiger partial charge >= 0.3 is 5.97 Å². The van der Waals surface area contributed by atoms with Crippen LogP contribution in [-0.2, 0) is 20.9 Å². The summed E-state index contributed by atoms with van der Waals surface area (Å²) < 4.78 is 10.6. The Balaban J connectivity index is 1.89. The maximum Gasteiger partial charge on any atom is 0.328 e. The first-order chi connectivity index (χ1) is 14.7. The molecule has 0 saturated carbocycles. The number of allylic oxidation sites excluding steroid dienone is 1. The summed E-state index contributed by atoms with van der Waals surface area (Å²) in [6.07, 6.45) is 0.483. The first-order valence-electron chi connectivity index (χ1n) is 9.57. The van der Waals surface area contributed by atoms with Crippen molar-refractivity contribution in [2.24, 2.45) is 0 Å². The van der Waals surface area contributed by atoms with Crippen LogP contribution in [0.4, 0.5) is 0 Å². The number of esters is 1. The Morgan fingerprint density at radius 3 is 2.39 bits per heavy atom. The number of nitrogens with one attached hydrogen (secondary N) is 1. The van der Waals surface area contributed by atoms with E-state index in [2.05, 4.69) is 11.9 Å². The fourth-order valence-corrected chi connectivity index (χ4v) is 2.97. The normalized spacial score (nSPS) is 11.4. The second-order valence-corrected chi connectivity index (χ2v) is 7.45. The van der Waals surface area contributed by atoms with Crippen LogP contribution in [0.1, 0.15) is 36.2 Å². The number of Topliss-reactive ketones (excluding diaryl/α,β-unsaturated/α-hetero) is 1. The quantitative estimate of drug-likeness (QED) is 0.311. The second kappa shape index (κ2) is 11.5. The van der Waals surface area contributed by atoms with E-state index in [9.17, 15) is 14.4 Å². The minimum Gasteiger partial charge on any atom is -0.482 e. The first kappa shape index (κ1) is 24.4. The van der Waals surface area contributed by atoms with Gasteiger partial charge in [-0.2, -0.15) is 0 Å². The van der Waals surface area contributed by atoms with Crippen LogP contribution in [0.5, 0.6) is 5.75 Å². The van der Waals surface area contributed by atoms with Gasteiger partial charge in [-0.1, -0.05) is 67.0 Å². The van der Waals surface area contributed by atoms with Crippen molar-refractivity contribution in [1.29, 1.82) is 0 Å². The van der Waals surface area contributed by atoms with Crippen LogP contribution in [0, 0.1) is 0 Å². The SMILES string of the molecule is C=C(CC)C(=O)c1ccc(OCC(=O)N[C@H](C)C(=O)OCc2ccccc2)c(Cl)c1Cl. The molecular weight excluding hydrogens is 441 g/mol. The zero-order valence-electron chi connectivity index (χ0n) is 17.2. The Labute approximate surface area is 191 Å². The summed E-state index contributed by atoms with van der Waals surface area (Å²) in [6.45, 7) is 6.73. The van der Waals surface area contributed by atoms with Gasteiger partial charge in [0.1, 0.15) is 23.4 Å². The standard InChI is InChI=1S/C23H23Cl2NO5/c1-4-14(2)22(28)17-10-11-18(21(25)20(17)24)30-13-19(27)26-15(3)23(29)31-12-16-8-6-5-7-9-16/h5-11,15H,2,4,12-13H2,1,3H3,(H,26,27)/t15-/m1/s1. The van der Waals surface area contributed by atoms with Crippen molar-refractivity contribution in [2.75, 3.05) is 6.61 Å². The third-order valence-electron chi connectivity index (χ3n) is 4.35. The molecule has 2 rings (SSSR count). The summed E-state index contributed by atoms with van der Waals surface area (Å²) >= 11 is 12.4. The average Bonchev–Trinajstić information content (AvgIpc) is 2.78. The lowest BCUT2D eigenvalue weighted by atomic mass is 10.0. The Morgan fingerprint density at radius 2 is 1.74 bits per heavy atom. The summed E-state index contributed by atoms with van der Waals surface area (Å²) in [5.74, 6) is -1.28. The van der Waals surface area contributed by atoms with Crippen LogP contribution in [0.3, 0.4) is 0 Å². The molecule has 1 amide bonds. The van der Waals surface area contributed by atoms with E-state index < -0.39 is 24.5 Å². The molecule has 31 heavy (non-hydrogen) atoms. The van der Waals surface area contributed by atoms with Gasteiger partial charge < -0.3 is 14.8 Å². The Bertz CT molecular complexity index is 975. The Kier molecular flexibility index (Phi) is 9.09.